The van der Waals surface area contributed by atoms with Crippen LogP contribution in [-0.2, 0) is 16.0 Å². The Bertz CT molecular complexity index is 1390. The second-order valence-electron chi connectivity index (χ2n) is 8.91. The van der Waals surface area contributed by atoms with Crippen LogP contribution < -0.4 is 10.2 Å². The molecule has 5 nitrogen and oxygen atoms in total. The van der Waals surface area contributed by atoms with Crippen molar-refractivity contribution in [2.45, 2.75) is 31.2 Å². The summed E-state index contributed by atoms with van der Waals surface area (Å²) in [5, 5.41) is 5.53. The van der Waals surface area contributed by atoms with Crippen LogP contribution in [0.3, 0.4) is 0 Å². The van der Waals surface area contributed by atoms with Gasteiger partial charge in [0.25, 0.3) is 0 Å². The minimum absolute atomic E-state index is 0.0368. The number of hydrogen-bond acceptors (Lipinski definition) is 5. The van der Waals surface area contributed by atoms with Crippen molar-refractivity contribution in [3.8, 4) is 0 Å². The summed E-state index contributed by atoms with van der Waals surface area (Å²) in [6, 6.07) is 24.9. The van der Waals surface area contributed by atoms with Crippen molar-refractivity contribution < 1.29 is 14.0 Å². The number of rotatable bonds is 4. The van der Waals surface area contributed by atoms with Crippen molar-refractivity contribution in [1.82, 2.24) is 0 Å². The molecule has 0 radical (unpaired) electrons. The number of carbonyl (C=O) groups is 2. The number of nitrogens with one attached hydrogen (secondary N) is 1. The largest absolute Gasteiger partial charge is 0.469 e. The van der Waals surface area contributed by atoms with Crippen LogP contribution in [0.4, 0.5) is 11.4 Å². The minimum atomic E-state index is -0.514. The highest BCUT2D eigenvalue weighted by Gasteiger charge is 2.41. The second-order valence-corrected chi connectivity index (χ2v) is 9.94. The number of Topliss-reactive ketones (excluding diaryl/α,β-unsaturated/α-hetero) is 1. The molecule has 174 valence electrons. The van der Waals surface area contributed by atoms with Crippen molar-refractivity contribution in [3.05, 3.63) is 118 Å². The molecule has 0 fully saturated rings. The normalized spacial score (nSPS) is 19.5. The first-order valence-corrected chi connectivity index (χ1v) is 12.6. The van der Waals surface area contributed by atoms with Crippen LogP contribution in [0, 0.1) is 0 Å². The maximum absolute atomic E-state index is 14.0. The number of furan rings is 1. The number of anilines is 2. The van der Waals surface area contributed by atoms with Gasteiger partial charge in [-0.2, -0.15) is 0 Å². The van der Waals surface area contributed by atoms with Gasteiger partial charge in [0.05, 0.1) is 30.1 Å². The highest BCUT2D eigenvalue weighted by atomic mass is 32.1. The number of carbonyl (C=O) groups excluding carboxylic acids is 2. The molecule has 6 heteroatoms. The molecular weight excluding hydrogens is 456 g/mol. The predicted octanol–water partition coefficient (Wildman–Crippen LogP) is 6.48. The lowest BCUT2D eigenvalue weighted by atomic mass is 9.80. The molecule has 6 rings (SSSR count). The zero-order chi connectivity index (χ0) is 23.8. The van der Waals surface area contributed by atoms with E-state index >= 15 is 0 Å². The standard InChI is InChI=1S/C29H24N2O3S/c32-25-17-20(26-13-6-14-34-26)16-23-28(25)29(19-8-2-1-3-9-19)31(24-12-5-4-11-22(24)30-23)27(33)18-21-10-7-15-35-21/h1-15,20,29-30H,16-18H2/t20-,29-/m0/s1. The Kier molecular flexibility index (Phi) is 5.58. The molecule has 0 saturated heterocycles. The van der Waals surface area contributed by atoms with Gasteiger partial charge >= 0.3 is 0 Å². The second kappa shape index (κ2) is 9.04. The zero-order valence-electron chi connectivity index (χ0n) is 19.0. The molecule has 3 heterocycles. The van der Waals surface area contributed by atoms with E-state index in [4.69, 9.17) is 4.42 Å². The first-order chi connectivity index (χ1) is 17.2. The van der Waals surface area contributed by atoms with Crippen molar-refractivity contribution >= 4 is 34.4 Å². The molecule has 0 spiro atoms. The Morgan fingerprint density at radius 2 is 1.80 bits per heavy atom. The van der Waals surface area contributed by atoms with Crippen LogP contribution in [0.1, 0.15) is 41.0 Å². The molecule has 0 saturated carbocycles. The van der Waals surface area contributed by atoms with Crippen LogP contribution in [0.5, 0.6) is 0 Å². The SMILES string of the molecule is O=C1C[C@@H](c2ccco2)CC2=C1[C@H](c1ccccc1)N(C(=O)Cc1cccs1)c1ccccc1N2. The number of hydrogen-bond donors (Lipinski definition) is 1. The van der Waals surface area contributed by atoms with E-state index in [-0.39, 0.29) is 24.0 Å². The molecule has 2 atom stereocenters. The van der Waals surface area contributed by atoms with E-state index in [0.29, 0.717) is 18.4 Å². The van der Waals surface area contributed by atoms with Crippen molar-refractivity contribution in [1.29, 1.82) is 0 Å². The predicted molar refractivity (Wildman–Crippen MR) is 137 cm³/mol. The van der Waals surface area contributed by atoms with E-state index < -0.39 is 6.04 Å². The summed E-state index contributed by atoms with van der Waals surface area (Å²) in [7, 11) is 0. The average Bonchev–Trinajstić information content (AvgIpc) is 3.57. The molecule has 4 aromatic rings. The van der Waals surface area contributed by atoms with E-state index in [0.717, 1.165) is 33.3 Å². The lowest BCUT2D eigenvalue weighted by molar-refractivity contribution is -0.118. The van der Waals surface area contributed by atoms with Crippen molar-refractivity contribution in [3.63, 3.8) is 0 Å². The summed E-state index contributed by atoms with van der Waals surface area (Å²) in [5.74, 6) is 0.771. The summed E-state index contributed by atoms with van der Waals surface area (Å²) >= 11 is 1.57. The van der Waals surface area contributed by atoms with Crippen molar-refractivity contribution in [2.24, 2.45) is 0 Å². The Morgan fingerprint density at radius 1 is 0.971 bits per heavy atom. The number of benzene rings is 2. The highest BCUT2D eigenvalue weighted by molar-refractivity contribution is 7.10. The lowest BCUT2D eigenvalue weighted by Gasteiger charge is -2.34. The van der Waals surface area contributed by atoms with Gasteiger partial charge in [0.2, 0.25) is 5.91 Å². The molecule has 1 aliphatic carbocycles. The number of amides is 1. The number of thiophene rings is 1. The van der Waals surface area contributed by atoms with E-state index in [1.807, 2.05) is 89.1 Å². The van der Waals surface area contributed by atoms with Gasteiger partial charge in [-0.3, -0.25) is 14.5 Å². The third-order valence-corrected chi connectivity index (χ3v) is 7.60. The van der Waals surface area contributed by atoms with Gasteiger partial charge in [-0.05, 0) is 47.7 Å². The third-order valence-electron chi connectivity index (χ3n) is 6.72. The monoisotopic (exact) mass is 480 g/mol. The number of allylic oxidation sites excluding steroid dienone is 1. The quantitative estimate of drug-likeness (QED) is 0.363. The Labute approximate surface area is 207 Å². The molecular formula is C29H24N2O3S. The maximum atomic E-state index is 14.0. The Morgan fingerprint density at radius 3 is 2.57 bits per heavy atom. The van der Waals surface area contributed by atoms with Gasteiger partial charge in [-0.25, -0.2) is 0 Å². The van der Waals surface area contributed by atoms with Crippen LogP contribution in [-0.4, -0.2) is 11.7 Å². The van der Waals surface area contributed by atoms with Crippen LogP contribution in [0.25, 0.3) is 0 Å². The van der Waals surface area contributed by atoms with Crippen molar-refractivity contribution in [2.75, 3.05) is 10.2 Å². The van der Waals surface area contributed by atoms with Crippen LogP contribution in [0.2, 0.25) is 0 Å². The molecule has 2 aromatic heterocycles. The van der Waals surface area contributed by atoms with E-state index in [1.165, 1.54) is 0 Å². The molecule has 35 heavy (non-hydrogen) atoms. The topological polar surface area (TPSA) is 62.6 Å². The molecule has 2 aromatic carbocycles. The molecule has 0 bridgehead atoms. The fraction of sp³-hybridized carbons (Fsp3) is 0.172. The van der Waals surface area contributed by atoms with Gasteiger partial charge in [-0.1, -0.05) is 48.5 Å². The average molecular weight is 481 g/mol. The fourth-order valence-corrected chi connectivity index (χ4v) is 5.88. The van der Waals surface area contributed by atoms with Gasteiger partial charge in [0, 0.05) is 28.5 Å². The molecule has 0 unspecified atom stereocenters. The smallest absolute Gasteiger partial charge is 0.233 e. The summed E-state index contributed by atoms with van der Waals surface area (Å²) < 4.78 is 5.67. The minimum Gasteiger partial charge on any atom is -0.469 e. The maximum Gasteiger partial charge on any atom is 0.233 e. The first kappa shape index (κ1) is 21.6. The van der Waals surface area contributed by atoms with Gasteiger partial charge in [0.1, 0.15) is 5.76 Å². The summed E-state index contributed by atoms with van der Waals surface area (Å²) in [6.07, 6.45) is 2.91. The molecule has 2 aliphatic rings. The highest BCUT2D eigenvalue weighted by Crippen LogP contribution is 2.47. The molecule has 1 aliphatic heterocycles. The van der Waals surface area contributed by atoms with E-state index in [2.05, 4.69) is 5.32 Å². The third kappa shape index (κ3) is 4.00. The van der Waals surface area contributed by atoms with Gasteiger partial charge in [0.15, 0.2) is 5.78 Å². The van der Waals surface area contributed by atoms with E-state index in [9.17, 15) is 9.59 Å². The Balaban J connectivity index is 1.53. The van der Waals surface area contributed by atoms with E-state index in [1.54, 1.807) is 17.6 Å². The zero-order valence-corrected chi connectivity index (χ0v) is 19.8. The van der Waals surface area contributed by atoms with Crippen LogP contribution in [0.15, 0.2) is 106 Å². The summed E-state index contributed by atoms with van der Waals surface area (Å²) in [4.78, 5) is 30.6. The number of nitrogens with zero attached hydrogens (tertiary/aromatic N) is 1. The lowest BCUT2D eigenvalue weighted by Crippen LogP contribution is -2.39. The number of ketones is 1. The number of fused-ring (bicyclic) bond motifs is 1. The molecule has 1 amide bonds. The Hall–Kier alpha value is -3.90. The fourth-order valence-electron chi connectivity index (χ4n) is 5.19. The number of para-hydroxylation sites is 2. The van der Waals surface area contributed by atoms with Crippen LogP contribution >= 0.6 is 11.3 Å². The first-order valence-electron chi connectivity index (χ1n) is 11.7. The molecule has 1 N–H and O–H groups in total. The summed E-state index contributed by atoms with van der Waals surface area (Å²) in [5.41, 5.74) is 4.04. The van der Waals surface area contributed by atoms with Gasteiger partial charge in [-0.15, -0.1) is 11.3 Å². The van der Waals surface area contributed by atoms with Gasteiger partial charge < -0.3 is 9.73 Å². The summed E-state index contributed by atoms with van der Waals surface area (Å²) in [6.45, 7) is 0.